The van der Waals surface area contributed by atoms with Gasteiger partial charge in [0.05, 0.1) is 40.8 Å². The third-order valence-electron chi connectivity index (χ3n) is 7.65. The van der Waals surface area contributed by atoms with Crippen LogP contribution in [0.5, 0.6) is 0 Å². The number of fused-ring (bicyclic) bond motifs is 1. The summed E-state index contributed by atoms with van der Waals surface area (Å²) in [6.07, 6.45) is 0.643. The highest BCUT2D eigenvalue weighted by atomic mass is 32.2. The van der Waals surface area contributed by atoms with Gasteiger partial charge in [-0.25, -0.2) is 16.8 Å². The number of para-hydroxylation sites is 1. The molecule has 0 amide bonds. The molecule has 0 bridgehead atoms. The molecule has 0 saturated heterocycles. The molecule has 0 aliphatic heterocycles. The molecule has 0 N–H and O–H groups in total. The molecule has 1 aliphatic rings. The zero-order chi connectivity index (χ0) is 28.9. The van der Waals surface area contributed by atoms with E-state index in [0.29, 0.717) is 39.7 Å². The maximum Gasteiger partial charge on any atom is 0.309 e. The van der Waals surface area contributed by atoms with Gasteiger partial charge in [-0.3, -0.25) is 4.79 Å². The lowest BCUT2D eigenvalue weighted by Gasteiger charge is -2.15. The van der Waals surface area contributed by atoms with Crippen molar-refractivity contribution in [3.05, 3.63) is 114 Å². The number of hydrogen-bond acceptors (Lipinski definition) is 5. The molecule has 1 fully saturated rings. The zero-order valence-corrected chi connectivity index (χ0v) is 23.2. The zero-order valence-electron chi connectivity index (χ0n) is 22.3. The van der Waals surface area contributed by atoms with E-state index in [1.54, 1.807) is 48.5 Å². The van der Waals surface area contributed by atoms with Crippen LogP contribution in [-0.4, -0.2) is 25.5 Å². The second-order valence-corrected chi connectivity index (χ2v) is 12.0. The Labute approximate surface area is 237 Å². The summed E-state index contributed by atoms with van der Waals surface area (Å²) in [5, 5.41) is 10.6. The van der Waals surface area contributed by atoms with Crippen LogP contribution in [0.3, 0.4) is 0 Å². The lowest BCUT2D eigenvalue weighted by atomic mass is 9.94. The monoisotopic (exact) mass is 564 g/mol. The molecule has 41 heavy (non-hydrogen) atoms. The predicted molar refractivity (Wildman–Crippen MR) is 154 cm³/mol. The normalized spacial score (nSPS) is 16.3. The number of rotatable bonds is 6. The third-order valence-corrected chi connectivity index (χ3v) is 9.37. The molecule has 1 heterocycles. The van der Waals surface area contributed by atoms with Crippen molar-refractivity contribution in [2.75, 3.05) is 7.11 Å². The molecule has 6 rings (SSSR count). The SMILES string of the molecule is COC(=O)C1CC1c1cccc(-c2c(-c3ccc(F)cc3C#N)c3ccccc3n2S(=O)(=O)c2ccc(C)cc2)c1. The molecule has 1 aromatic heterocycles. The molecular formula is C33H25FN2O4S. The fourth-order valence-corrected chi connectivity index (χ4v) is 7.08. The topological polar surface area (TPSA) is 89.2 Å². The number of aromatic nitrogens is 1. The number of aryl methyl sites for hydroxylation is 1. The minimum absolute atomic E-state index is 0.0436. The maximum absolute atomic E-state index is 14.4. The van der Waals surface area contributed by atoms with Crippen molar-refractivity contribution < 1.29 is 22.3 Å². The molecule has 1 saturated carbocycles. The van der Waals surface area contributed by atoms with Gasteiger partial charge < -0.3 is 4.74 Å². The van der Waals surface area contributed by atoms with Crippen LogP contribution in [0.4, 0.5) is 4.39 Å². The minimum atomic E-state index is -4.14. The lowest BCUT2D eigenvalue weighted by Crippen LogP contribution is -2.14. The van der Waals surface area contributed by atoms with Gasteiger partial charge in [0.2, 0.25) is 0 Å². The van der Waals surface area contributed by atoms with Crippen molar-refractivity contribution in [3.63, 3.8) is 0 Å². The Morgan fingerprint density at radius 3 is 2.49 bits per heavy atom. The number of carbonyl (C=O) groups excluding carboxylic acids is 1. The number of nitriles is 1. The average Bonchev–Trinajstić information content (AvgIpc) is 3.71. The number of hydrogen-bond donors (Lipinski definition) is 0. The summed E-state index contributed by atoms with van der Waals surface area (Å²) >= 11 is 0. The smallest absolute Gasteiger partial charge is 0.309 e. The molecule has 2 unspecified atom stereocenters. The molecule has 4 aromatic carbocycles. The van der Waals surface area contributed by atoms with Crippen molar-refractivity contribution in [1.82, 2.24) is 3.97 Å². The summed E-state index contributed by atoms with van der Waals surface area (Å²) in [5.74, 6) is -1.13. The van der Waals surface area contributed by atoms with E-state index >= 15 is 0 Å². The molecule has 0 radical (unpaired) electrons. The van der Waals surface area contributed by atoms with Crippen molar-refractivity contribution >= 4 is 26.9 Å². The van der Waals surface area contributed by atoms with Gasteiger partial charge in [0.15, 0.2) is 0 Å². The Balaban J connectivity index is 1.69. The second-order valence-electron chi connectivity index (χ2n) is 10.2. The number of benzene rings is 4. The number of esters is 1. The van der Waals surface area contributed by atoms with Crippen molar-refractivity contribution in [2.24, 2.45) is 5.92 Å². The van der Waals surface area contributed by atoms with Gasteiger partial charge in [-0.2, -0.15) is 5.26 Å². The maximum atomic E-state index is 14.4. The first kappa shape index (κ1) is 26.5. The first-order valence-electron chi connectivity index (χ1n) is 13.1. The highest BCUT2D eigenvalue weighted by Gasteiger charge is 2.45. The number of methoxy groups -OCH3 is 1. The van der Waals surface area contributed by atoms with E-state index in [2.05, 4.69) is 6.07 Å². The average molecular weight is 565 g/mol. The van der Waals surface area contributed by atoms with Gasteiger partial charge in [0.1, 0.15) is 5.82 Å². The number of halogens is 1. The van der Waals surface area contributed by atoms with E-state index in [9.17, 15) is 22.9 Å². The Morgan fingerprint density at radius 1 is 1.00 bits per heavy atom. The van der Waals surface area contributed by atoms with Crippen LogP contribution in [0.2, 0.25) is 0 Å². The fourth-order valence-electron chi connectivity index (χ4n) is 5.53. The summed E-state index contributed by atoms with van der Waals surface area (Å²) in [7, 11) is -2.77. The molecule has 6 nitrogen and oxygen atoms in total. The molecule has 1 aliphatic carbocycles. The summed E-state index contributed by atoms with van der Waals surface area (Å²) in [6.45, 7) is 1.88. The molecule has 2 atom stereocenters. The first-order chi connectivity index (χ1) is 19.7. The van der Waals surface area contributed by atoms with Crippen molar-refractivity contribution in [2.45, 2.75) is 24.2 Å². The highest BCUT2D eigenvalue weighted by molar-refractivity contribution is 7.90. The highest BCUT2D eigenvalue weighted by Crippen LogP contribution is 2.50. The Morgan fingerprint density at radius 2 is 1.76 bits per heavy atom. The van der Waals surface area contributed by atoms with E-state index in [-0.39, 0.29) is 28.3 Å². The van der Waals surface area contributed by atoms with Crippen molar-refractivity contribution in [1.29, 1.82) is 5.26 Å². The van der Waals surface area contributed by atoms with Gasteiger partial charge in [0.25, 0.3) is 10.0 Å². The van der Waals surface area contributed by atoms with Gasteiger partial charge in [-0.05, 0) is 61.2 Å². The molecule has 5 aromatic rings. The van der Waals surface area contributed by atoms with Crippen LogP contribution >= 0.6 is 0 Å². The number of nitrogens with zero attached hydrogens (tertiary/aromatic N) is 2. The Kier molecular flexibility index (Phi) is 6.47. The van der Waals surface area contributed by atoms with E-state index in [1.165, 1.54) is 23.2 Å². The van der Waals surface area contributed by atoms with Gasteiger partial charge in [-0.15, -0.1) is 0 Å². The summed E-state index contributed by atoms with van der Waals surface area (Å²) < 4.78 is 49.3. The number of ether oxygens (including phenoxy) is 1. The lowest BCUT2D eigenvalue weighted by molar-refractivity contribution is -0.142. The van der Waals surface area contributed by atoms with Crippen LogP contribution in [0.1, 0.15) is 29.0 Å². The van der Waals surface area contributed by atoms with E-state index < -0.39 is 15.8 Å². The summed E-state index contributed by atoms with van der Waals surface area (Å²) in [6, 6.07) is 27.2. The summed E-state index contributed by atoms with van der Waals surface area (Å²) in [4.78, 5) is 12.3. The van der Waals surface area contributed by atoms with Gasteiger partial charge in [0, 0.05) is 22.1 Å². The molecule has 0 spiro atoms. The Bertz CT molecular complexity index is 1990. The van der Waals surface area contributed by atoms with Crippen LogP contribution in [0.25, 0.3) is 33.3 Å². The first-order valence-corrected chi connectivity index (χ1v) is 14.5. The molecular weight excluding hydrogens is 539 g/mol. The largest absolute Gasteiger partial charge is 0.469 e. The van der Waals surface area contributed by atoms with Gasteiger partial charge >= 0.3 is 5.97 Å². The van der Waals surface area contributed by atoms with Crippen LogP contribution in [0.15, 0.2) is 95.9 Å². The van der Waals surface area contributed by atoms with Crippen LogP contribution < -0.4 is 0 Å². The second kappa shape index (κ2) is 10.0. The summed E-state index contributed by atoms with van der Waals surface area (Å²) in [5.41, 5.74) is 4.19. The van der Waals surface area contributed by atoms with Crippen LogP contribution in [-0.2, 0) is 19.6 Å². The van der Waals surface area contributed by atoms with E-state index in [4.69, 9.17) is 4.74 Å². The predicted octanol–water partition coefficient (Wildman–Crippen LogP) is 6.81. The quantitative estimate of drug-likeness (QED) is 0.212. The molecule has 8 heteroatoms. The molecule has 204 valence electrons. The van der Waals surface area contributed by atoms with Crippen molar-refractivity contribution in [3.8, 4) is 28.5 Å². The van der Waals surface area contributed by atoms with Crippen LogP contribution in [0, 0.1) is 30.0 Å². The third kappa shape index (κ3) is 4.48. The van der Waals surface area contributed by atoms with Gasteiger partial charge in [-0.1, -0.05) is 60.2 Å². The Hall–Kier alpha value is -4.74. The minimum Gasteiger partial charge on any atom is -0.469 e. The van der Waals surface area contributed by atoms with E-state index in [1.807, 2.05) is 31.2 Å². The number of carbonyl (C=O) groups is 1. The standard InChI is InChI=1S/C33H25FN2O4S/c1-20-10-13-25(14-11-20)41(38,39)36-30-9-4-3-8-27(30)31(26-15-12-24(34)17-23(26)19-35)32(36)22-7-5-6-21(16-22)28-18-29(28)33(37)40-2/h3-17,28-29H,18H2,1-2H3. The fraction of sp³-hybridized carbons (Fsp3) is 0.152. The van der Waals surface area contributed by atoms with E-state index in [0.717, 1.165) is 17.2 Å².